The minimum absolute atomic E-state index is 0.0659. The summed E-state index contributed by atoms with van der Waals surface area (Å²) in [6, 6.07) is 7.98. The van der Waals surface area contributed by atoms with Crippen LogP contribution in [0.1, 0.15) is 30.4 Å². The predicted molar refractivity (Wildman–Crippen MR) is 71.6 cm³/mol. The highest BCUT2D eigenvalue weighted by molar-refractivity contribution is 5.29. The second kappa shape index (κ2) is 5.23. The van der Waals surface area contributed by atoms with Crippen LogP contribution < -0.4 is 10.5 Å². The number of imidazole rings is 1. The van der Waals surface area contributed by atoms with Crippen LogP contribution >= 0.6 is 0 Å². The van der Waals surface area contributed by atoms with E-state index in [2.05, 4.69) is 16.5 Å². The maximum atomic E-state index is 6.30. The van der Waals surface area contributed by atoms with Crippen LogP contribution in [0, 0.1) is 6.92 Å². The highest BCUT2D eigenvalue weighted by Crippen LogP contribution is 2.25. The molecule has 2 atom stereocenters. The number of aromatic nitrogens is 2. The van der Waals surface area contributed by atoms with Gasteiger partial charge in [0.15, 0.2) is 0 Å². The largest absolute Gasteiger partial charge is 0.497 e. The number of nitrogens with zero attached hydrogens (tertiary/aromatic N) is 2. The summed E-state index contributed by atoms with van der Waals surface area (Å²) in [7, 11) is 1.66. The van der Waals surface area contributed by atoms with Gasteiger partial charge in [-0.3, -0.25) is 0 Å². The third-order valence-corrected chi connectivity index (χ3v) is 3.32. The Hall–Kier alpha value is -1.81. The molecule has 0 amide bonds. The molecule has 0 aliphatic heterocycles. The van der Waals surface area contributed by atoms with Crippen molar-refractivity contribution in [2.75, 3.05) is 7.11 Å². The zero-order valence-corrected chi connectivity index (χ0v) is 11.0. The minimum Gasteiger partial charge on any atom is -0.497 e. The van der Waals surface area contributed by atoms with Gasteiger partial charge in [-0.25, -0.2) is 4.98 Å². The average molecular weight is 245 g/mol. The lowest BCUT2D eigenvalue weighted by atomic mass is 10.0. The highest BCUT2D eigenvalue weighted by atomic mass is 16.5. The van der Waals surface area contributed by atoms with E-state index in [4.69, 9.17) is 10.5 Å². The van der Waals surface area contributed by atoms with E-state index in [0.717, 1.165) is 17.1 Å². The Morgan fingerprint density at radius 3 is 2.44 bits per heavy atom. The van der Waals surface area contributed by atoms with Gasteiger partial charge in [0.1, 0.15) is 11.6 Å². The molecule has 0 fully saturated rings. The zero-order chi connectivity index (χ0) is 13.1. The molecule has 2 unspecified atom stereocenters. The molecule has 2 rings (SSSR count). The molecule has 0 saturated carbocycles. The first-order valence-corrected chi connectivity index (χ1v) is 6.02. The van der Waals surface area contributed by atoms with E-state index in [-0.39, 0.29) is 12.1 Å². The lowest BCUT2D eigenvalue weighted by Crippen LogP contribution is -2.22. The topological polar surface area (TPSA) is 53.1 Å². The maximum Gasteiger partial charge on any atom is 0.118 e. The third-order valence-electron chi connectivity index (χ3n) is 3.32. The molecule has 2 aromatic rings. The Morgan fingerprint density at radius 1 is 1.28 bits per heavy atom. The Bertz CT molecular complexity index is 504. The predicted octanol–water partition coefficient (Wildman–Crippen LogP) is 2.46. The fraction of sp³-hybridized carbons (Fsp3) is 0.357. The number of aryl methyl sites for hydroxylation is 1. The smallest absolute Gasteiger partial charge is 0.118 e. The van der Waals surface area contributed by atoms with Crippen molar-refractivity contribution in [1.29, 1.82) is 0 Å². The first kappa shape index (κ1) is 12.6. The van der Waals surface area contributed by atoms with Gasteiger partial charge in [0.2, 0.25) is 0 Å². The molecule has 4 nitrogen and oxygen atoms in total. The molecule has 0 saturated heterocycles. The molecular weight excluding hydrogens is 226 g/mol. The van der Waals surface area contributed by atoms with Gasteiger partial charge in [-0.1, -0.05) is 12.1 Å². The van der Waals surface area contributed by atoms with Crippen LogP contribution in [0.15, 0.2) is 36.7 Å². The molecule has 1 aromatic heterocycles. The fourth-order valence-electron chi connectivity index (χ4n) is 2.10. The summed E-state index contributed by atoms with van der Waals surface area (Å²) in [5.74, 6) is 1.82. The Balaban J connectivity index is 2.20. The van der Waals surface area contributed by atoms with Gasteiger partial charge >= 0.3 is 0 Å². The molecule has 1 aromatic carbocycles. The summed E-state index contributed by atoms with van der Waals surface area (Å²) in [6.45, 7) is 4.08. The molecule has 4 heteroatoms. The molecule has 18 heavy (non-hydrogen) atoms. The van der Waals surface area contributed by atoms with Crippen molar-refractivity contribution in [3.63, 3.8) is 0 Å². The van der Waals surface area contributed by atoms with Crippen LogP contribution in [0.3, 0.4) is 0 Å². The minimum atomic E-state index is -0.0659. The number of rotatable bonds is 4. The Labute approximate surface area is 107 Å². The van der Waals surface area contributed by atoms with Gasteiger partial charge in [0, 0.05) is 12.4 Å². The number of ether oxygens (including phenoxy) is 1. The highest BCUT2D eigenvalue weighted by Gasteiger charge is 2.17. The van der Waals surface area contributed by atoms with Crippen molar-refractivity contribution in [2.24, 2.45) is 5.73 Å². The monoisotopic (exact) mass is 245 g/mol. The molecule has 0 aliphatic rings. The van der Waals surface area contributed by atoms with E-state index in [9.17, 15) is 0 Å². The molecule has 2 N–H and O–H groups in total. The summed E-state index contributed by atoms with van der Waals surface area (Å²) in [6.07, 6.45) is 3.76. The molecule has 0 bridgehead atoms. The lowest BCUT2D eigenvalue weighted by molar-refractivity contribution is 0.413. The second-order valence-corrected chi connectivity index (χ2v) is 4.42. The van der Waals surface area contributed by atoms with Gasteiger partial charge in [-0.15, -0.1) is 0 Å². The molecule has 0 spiro atoms. The van der Waals surface area contributed by atoms with Crippen LogP contribution in [-0.4, -0.2) is 16.7 Å². The van der Waals surface area contributed by atoms with Crippen molar-refractivity contribution in [1.82, 2.24) is 9.55 Å². The van der Waals surface area contributed by atoms with Crippen LogP contribution in [0.25, 0.3) is 0 Å². The van der Waals surface area contributed by atoms with E-state index in [0.29, 0.717) is 0 Å². The number of hydrogen-bond acceptors (Lipinski definition) is 3. The van der Waals surface area contributed by atoms with Crippen molar-refractivity contribution in [3.8, 4) is 5.75 Å². The molecule has 96 valence electrons. The van der Waals surface area contributed by atoms with Crippen LogP contribution in [-0.2, 0) is 0 Å². The quantitative estimate of drug-likeness (QED) is 0.900. The lowest BCUT2D eigenvalue weighted by Gasteiger charge is -2.23. The van der Waals surface area contributed by atoms with Crippen LogP contribution in [0.2, 0.25) is 0 Å². The Kier molecular flexibility index (Phi) is 3.67. The summed E-state index contributed by atoms with van der Waals surface area (Å²) < 4.78 is 7.24. The average Bonchev–Trinajstić information content (AvgIpc) is 2.83. The summed E-state index contributed by atoms with van der Waals surface area (Å²) in [5, 5.41) is 0. The van der Waals surface area contributed by atoms with E-state index in [1.165, 1.54) is 0 Å². The van der Waals surface area contributed by atoms with Crippen molar-refractivity contribution in [3.05, 3.63) is 48.0 Å². The van der Waals surface area contributed by atoms with E-state index in [1.807, 2.05) is 37.4 Å². The number of methoxy groups -OCH3 is 1. The molecular formula is C14H19N3O. The van der Waals surface area contributed by atoms with Gasteiger partial charge in [0.25, 0.3) is 0 Å². The zero-order valence-electron chi connectivity index (χ0n) is 11.0. The Morgan fingerprint density at radius 2 is 1.94 bits per heavy atom. The number of benzene rings is 1. The van der Waals surface area contributed by atoms with Crippen molar-refractivity contribution in [2.45, 2.75) is 25.9 Å². The SMILES string of the molecule is COc1ccc(C(N)C(C)n2ccnc2C)cc1. The van der Waals surface area contributed by atoms with E-state index in [1.54, 1.807) is 13.3 Å². The van der Waals surface area contributed by atoms with Crippen LogP contribution in [0.4, 0.5) is 0 Å². The summed E-state index contributed by atoms with van der Waals surface area (Å²) >= 11 is 0. The molecule has 0 aliphatic carbocycles. The summed E-state index contributed by atoms with van der Waals surface area (Å²) in [5.41, 5.74) is 7.39. The van der Waals surface area contributed by atoms with E-state index >= 15 is 0 Å². The second-order valence-electron chi connectivity index (χ2n) is 4.42. The van der Waals surface area contributed by atoms with E-state index < -0.39 is 0 Å². The number of hydrogen-bond donors (Lipinski definition) is 1. The number of nitrogens with two attached hydrogens (primary N) is 1. The molecule has 1 heterocycles. The van der Waals surface area contributed by atoms with Gasteiger partial charge in [-0.2, -0.15) is 0 Å². The first-order valence-electron chi connectivity index (χ1n) is 6.02. The van der Waals surface area contributed by atoms with Gasteiger partial charge < -0.3 is 15.0 Å². The normalized spacial score (nSPS) is 14.2. The standard InChI is InChI=1S/C14H19N3O/c1-10(17-9-8-16-11(17)2)14(15)12-4-6-13(18-3)7-5-12/h4-10,14H,15H2,1-3H3. The van der Waals surface area contributed by atoms with Crippen molar-refractivity contribution >= 4 is 0 Å². The van der Waals surface area contributed by atoms with Crippen LogP contribution in [0.5, 0.6) is 5.75 Å². The maximum absolute atomic E-state index is 6.30. The summed E-state index contributed by atoms with van der Waals surface area (Å²) in [4.78, 5) is 4.23. The van der Waals surface area contributed by atoms with Crippen molar-refractivity contribution < 1.29 is 4.74 Å². The fourth-order valence-corrected chi connectivity index (χ4v) is 2.10. The van der Waals surface area contributed by atoms with Gasteiger partial charge in [-0.05, 0) is 31.5 Å². The first-order chi connectivity index (χ1) is 8.63. The van der Waals surface area contributed by atoms with Gasteiger partial charge in [0.05, 0.1) is 19.2 Å². The molecule has 0 radical (unpaired) electrons. The third kappa shape index (κ3) is 2.38.